The van der Waals surface area contributed by atoms with Crippen LogP contribution in [0.3, 0.4) is 0 Å². The highest BCUT2D eigenvalue weighted by atomic mass is 16.3. The van der Waals surface area contributed by atoms with E-state index in [-0.39, 0.29) is 6.61 Å². The van der Waals surface area contributed by atoms with Crippen LogP contribution in [0.2, 0.25) is 0 Å². The van der Waals surface area contributed by atoms with Gasteiger partial charge in [-0.3, -0.25) is 0 Å². The van der Waals surface area contributed by atoms with Crippen LogP contribution < -0.4 is 10.6 Å². The van der Waals surface area contributed by atoms with E-state index < -0.39 is 0 Å². The third-order valence-electron chi connectivity index (χ3n) is 3.22. The first-order valence-corrected chi connectivity index (χ1v) is 6.16. The highest BCUT2D eigenvalue weighted by Crippen LogP contribution is 2.24. The van der Waals surface area contributed by atoms with Crippen molar-refractivity contribution in [1.82, 2.24) is 9.97 Å². The summed E-state index contributed by atoms with van der Waals surface area (Å²) >= 11 is 0. The zero-order valence-electron chi connectivity index (χ0n) is 10.3. The summed E-state index contributed by atoms with van der Waals surface area (Å²) in [6, 6.07) is 1.83. The van der Waals surface area contributed by atoms with Gasteiger partial charge in [0.15, 0.2) is 0 Å². The Morgan fingerprint density at radius 2 is 2.35 bits per heavy atom. The lowest BCUT2D eigenvalue weighted by Gasteiger charge is -2.33. The van der Waals surface area contributed by atoms with Crippen LogP contribution in [0.1, 0.15) is 25.1 Å². The number of hydrogen-bond acceptors (Lipinski definition) is 5. The number of rotatable bonds is 3. The summed E-state index contributed by atoms with van der Waals surface area (Å²) in [5.41, 5.74) is 5.74. The van der Waals surface area contributed by atoms with Gasteiger partial charge >= 0.3 is 0 Å². The van der Waals surface area contributed by atoms with Gasteiger partial charge < -0.3 is 15.7 Å². The average molecular weight is 236 g/mol. The van der Waals surface area contributed by atoms with Gasteiger partial charge in [-0.25, -0.2) is 9.97 Å². The summed E-state index contributed by atoms with van der Waals surface area (Å²) in [6.45, 7) is 4.09. The summed E-state index contributed by atoms with van der Waals surface area (Å²) in [5, 5.41) is 9.00. The zero-order chi connectivity index (χ0) is 12.3. The van der Waals surface area contributed by atoms with Gasteiger partial charge in [0.1, 0.15) is 17.5 Å². The van der Waals surface area contributed by atoms with Gasteiger partial charge in [0, 0.05) is 25.8 Å². The van der Waals surface area contributed by atoms with Crippen molar-refractivity contribution in [3.8, 4) is 0 Å². The molecule has 0 amide bonds. The molecule has 3 N–H and O–H groups in total. The molecule has 1 fully saturated rings. The Morgan fingerprint density at radius 3 is 3.06 bits per heavy atom. The molecule has 0 saturated carbocycles. The molecule has 1 saturated heterocycles. The molecule has 2 rings (SSSR count). The maximum Gasteiger partial charge on any atom is 0.134 e. The molecule has 1 aromatic heterocycles. The molecule has 5 nitrogen and oxygen atoms in total. The Kier molecular flexibility index (Phi) is 3.78. The molecule has 0 radical (unpaired) electrons. The Balaban J connectivity index is 2.10. The molecule has 1 aliphatic rings. The molecule has 17 heavy (non-hydrogen) atoms. The summed E-state index contributed by atoms with van der Waals surface area (Å²) in [4.78, 5) is 10.8. The monoisotopic (exact) mass is 236 g/mol. The summed E-state index contributed by atoms with van der Waals surface area (Å²) in [6.07, 6.45) is 3.21. The molecule has 1 atom stereocenters. The van der Waals surface area contributed by atoms with Crippen molar-refractivity contribution in [3.63, 3.8) is 0 Å². The van der Waals surface area contributed by atoms with E-state index in [2.05, 4.69) is 14.9 Å². The van der Waals surface area contributed by atoms with Crippen LogP contribution >= 0.6 is 0 Å². The molecule has 0 bridgehead atoms. The molecule has 1 aliphatic heterocycles. The summed E-state index contributed by atoms with van der Waals surface area (Å²) in [5.74, 6) is 2.71. The molecular weight excluding hydrogens is 216 g/mol. The van der Waals surface area contributed by atoms with Crippen molar-refractivity contribution in [2.45, 2.75) is 26.2 Å². The molecular formula is C12H20N4O. The Bertz CT molecular complexity index is 361. The van der Waals surface area contributed by atoms with Gasteiger partial charge in [-0.2, -0.15) is 0 Å². The van der Waals surface area contributed by atoms with E-state index in [9.17, 15) is 0 Å². The second-order valence-corrected chi connectivity index (χ2v) is 4.66. The number of piperidine rings is 1. The van der Waals surface area contributed by atoms with Crippen LogP contribution in [0.15, 0.2) is 6.07 Å². The number of anilines is 2. The van der Waals surface area contributed by atoms with E-state index >= 15 is 0 Å². The van der Waals surface area contributed by atoms with Crippen molar-refractivity contribution in [3.05, 3.63) is 11.9 Å². The standard InChI is InChI=1S/C12H20N4O/c1-9-14-11(13)7-12(15-9)16-5-2-3-10(8-16)4-6-17/h7,10,17H,2-6,8H2,1H3,(H2,13,14,15). The third kappa shape index (κ3) is 3.06. The molecule has 5 heteroatoms. The van der Waals surface area contributed by atoms with Gasteiger partial charge in [0.2, 0.25) is 0 Å². The summed E-state index contributed by atoms with van der Waals surface area (Å²) < 4.78 is 0. The number of aliphatic hydroxyl groups is 1. The number of aromatic nitrogens is 2. The lowest BCUT2D eigenvalue weighted by atomic mass is 9.95. The van der Waals surface area contributed by atoms with Crippen LogP contribution in [0.4, 0.5) is 11.6 Å². The predicted molar refractivity (Wildman–Crippen MR) is 67.8 cm³/mol. The van der Waals surface area contributed by atoms with E-state index in [0.717, 1.165) is 31.7 Å². The Labute approximate surface area is 102 Å². The number of nitrogens with two attached hydrogens (primary N) is 1. The number of nitrogens with zero attached hydrogens (tertiary/aromatic N) is 3. The quantitative estimate of drug-likeness (QED) is 0.817. The molecule has 1 aromatic rings. The molecule has 0 aromatic carbocycles. The van der Waals surface area contributed by atoms with Gasteiger partial charge in [0.05, 0.1) is 0 Å². The van der Waals surface area contributed by atoms with Crippen molar-refractivity contribution in [2.24, 2.45) is 5.92 Å². The van der Waals surface area contributed by atoms with E-state index in [1.807, 2.05) is 13.0 Å². The van der Waals surface area contributed by atoms with Gasteiger partial charge in [-0.05, 0) is 32.1 Å². The zero-order valence-corrected chi connectivity index (χ0v) is 10.3. The molecule has 2 heterocycles. The van der Waals surface area contributed by atoms with Crippen LogP contribution in [-0.2, 0) is 0 Å². The first-order valence-electron chi connectivity index (χ1n) is 6.16. The van der Waals surface area contributed by atoms with Crippen LogP contribution in [0.5, 0.6) is 0 Å². The maximum absolute atomic E-state index is 9.00. The highest BCUT2D eigenvalue weighted by Gasteiger charge is 2.20. The minimum atomic E-state index is 0.267. The van der Waals surface area contributed by atoms with Crippen molar-refractivity contribution in [1.29, 1.82) is 0 Å². The second-order valence-electron chi connectivity index (χ2n) is 4.66. The fourth-order valence-corrected chi connectivity index (χ4v) is 2.43. The number of nitrogen functional groups attached to an aromatic ring is 1. The number of hydrogen-bond donors (Lipinski definition) is 2. The van der Waals surface area contributed by atoms with Gasteiger partial charge in [-0.1, -0.05) is 0 Å². The van der Waals surface area contributed by atoms with Crippen molar-refractivity contribution >= 4 is 11.6 Å². The molecule has 0 aliphatic carbocycles. The number of aryl methyl sites for hydroxylation is 1. The smallest absolute Gasteiger partial charge is 0.134 e. The van der Waals surface area contributed by atoms with Crippen molar-refractivity contribution < 1.29 is 5.11 Å². The second kappa shape index (κ2) is 5.31. The highest BCUT2D eigenvalue weighted by molar-refractivity contribution is 5.47. The van der Waals surface area contributed by atoms with E-state index in [0.29, 0.717) is 17.6 Å². The SMILES string of the molecule is Cc1nc(N)cc(N2CCCC(CCO)C2)n1. The Hall–Kier alpha value is -1.36. The lowest BCUT2D eigenvalue weighted by molar-refractivity contribution is 0.244. The van der Waals surface area contributed by atoms with E-state index in [1.54, 1.807) is 0 Å². The predicted octanol–water partition coefficient (Wildman–Crippen LogP) is 0.966. The van der Waals surface area contributed by atoms with Gasteiger partial charge in [-0.15, -0.1) is 0 Å². The summed E-state index contributed by atoms with van der Waals surface area (Å²) in [7, 11) is 0. The fourth-order valence-electron chi connectivity index (χ4n) is 2.43. The minimum Gasteiger partial charge on any atom is -0.396 e. The van der Waals surface area contributed by atoms with Crippen LogP contribution in [-0.4, -0.2) is 34.8 Å². The van der Waals surface area contributed by atoms with Crippen LogP contribution in [0.25, 0.3) is 0 Å². The fraction of sp³-hybridized carbons (Fsp3) is 0.667. The largest absolute Gasteiger partial charge is 0.396 e. The lowest BCUT2D eigenvalue weighted by Crippen LogP contribution is -2.36. The maximum atomic E-state index is 9.00. The minimum absolute atomic E-state index is 0.267. The van der Waals surface area contributed by atoms with E-state index in [1.165, 1.54) is 6.42 Å². The van der Waals surface area contributed by atoms with E-state index in [4.69, 9.17) is 10.8 Å². The first-order chi connectivity index (χ1) is 8.19. The first kappa shape index (κ1) is 12.1. The third-order valence-corrected chi connectivity index (χ3v) is 3.22. The normalized spacial score (nSPS) is 20.6. The molecule has 1 unspecified atom stereocenters. The Morgan fingerprint density at radius 1 is 1.53 bits per heavy atom. The average Bonchev–Trinajstić information content (AvgIpc) is 2.28. The van der Waals surface area contributed by atoms with Gasteiger partial charge in [0.25, 0.3) is 0 Å². The topological polar surface area (TPSA) is 75.3 Å². The molecule has 0 spiro atoms. The number of aliphatic hydroxyl groups excluding tert-OH is 1. The van der Waals surface area contributed by atoms with Crippen molar-refractivity contribution in [2.75, 3.05) is 30.3 Å². The molecule has 94 valence electrons. The van der Waals surface area contributed by atoms with Crippen LogP contribution in [0, 0.1) is 12.8 Å².